The lowest BCUT2D eigenvalue weighted by atomic mass is 10.3. The second kappa shape index (κ2) is 3.98. The normalized spacial score (nSPS) is 10.6. The van der Waals surface area contributed by atoms with Crippen molar-refractivity contribution in [1.29, 1.82) is 0 Å². The van der Waals surface area contributed by atoms with E-state index in [0.717, 1.165) is 18.2 Å². The molecule has 0 radical (unpaired) electrons. The standard InChI is InChI=1S/C10H7ClF2N2/c11-6-8-3-4-14-15(8)10-5-7(12)1-2-9(10)13/h1-5H,6H2. The molecule has 15 heavy (non-hydrogen) atoms. The molecule has 2 aromatic rings. The summed E-state index contributed by atoms with van der Waals surface area (Å²) in [6, 6.07) is 4.85. The molecule has 5 heteroatoms. The van der Waals surface area contributed by atoms with E-state index in [1.54, 1.807) is 6.07 Å². The molecule has 0 bridgehead atoms. The summed E-state index contributed by atoms with van der Waals surface area (Å²) in [5, 5.41) is 3.88. The maximum atomic E-state index is 13.4. The Kier molecular flexibility index (Phi) is 2.68. The summed E-state index contributed by atoms with van der Waals surface area (Å²) in [7, 11) is 0. The van der Waals surface area contributed by atoms with Crippen molar-refractivity contribution in [2.45, 2.75) is 5.88 Å². The Morgan fingerprint density at radius 1 is 1.27 bits per heavy atom. The van der Waals surface area contributed by atoms with Crippen LogP contribution in [0, 0.1) is 11.6 Å². The first-order valence-electron chi connectivity index (χ1n) is 4.26. The summed E-state index contributed by atoms with van der Waals surface area (Å²) >= 11 is 5.64. The lowest BCUT2D eigenvalue weighted by molar-refractivity contribution is 0.585. The quantitative estimate of drug-likeness (QED) is 0.723. The van der Waals surface area contributed by atoms with Crippen LogP contribution in [-0.4, -0.2) is 9.78 Å². The highest BCUT2D eigenvalue weighted by molar-refractivity contribution is 6.16. The number of nitrogens with zero attached hydrogens (tertiary/aromatic N) is 2. The van der Waals surface area contributed by atoms with Gasteiger partial charge in [-0.1, -0.05) is 0 Å². The van der Waals surface area contributed by atoms with Crippen molar-refractivity contribution in [3.63, 3.8) is 0 Å². The molecular weight excluding hydrogens is 222 g/mol. The van der Waals surface area contributed by atoms with Gasteiger partial charge >= 0.3 is 0 Å². The number of hydrogen-bond donors (Lipinski definition) is 0. The summed E-state index contributed by atoms with van der Waals surface area (Å²) in [4.78, 5) is 0. The van der Waals surface area contributed by atoms with Gasteiger partial charge in [0.05, 0.1) is 11.6 Å². The van der Waals surface area contributed by atoms with Crippen molar-refractivity contribution >= 4 is 11.6 Å². The first kappa shape index (κ1) is 10.1. The van der Waals surface area contributed by atoms with Crippen LogP contribution in [0.2, 0.25) is 0 Å². The topological polar surface area (TPSA) is 17.8 Å². The second-order valence-electron chi connectivity index (χ2n) is 2.96. The van der Waals surface area contributed by atoms with E-state index < -0.39 is 11.6 Å². The molecule has 0 atom stereocenters. The smallest absolute Gasteiger partial charge is 0.149 e. The van der Waals surface area contributed by atoms with E-state index in [0.29, 0.717) is 5.69 Å². The van der Waals surface area contributed by atoms with Gasteiger partial charge in [0, 0.05) is 12.3 Å². The van der Waals surface area contributed by atoms with Crippen LogP contribution < -0.4 is 0 Å². The van der Waals surface area contributed by atoms with Crippen LogP contribution in [0.4, 0.5) is 8.78 Å². The van der Waals surface area contributed by atoms with Gasteiger partial charge in [-0.05, 0) is 18.2 Å². The average Bonchev–Trinajstić information content (AvgIpc) is 2.69. The molecule has 0 amide bonds. The molecule has 78 valence electrons. The van der Waals surface area contributed by atoms with Crippen molar-refractivity contribution in [2.24, 2.45) is 0 Å². The van der Waals surface area contributed by atoms with Gasteiger partial charge in [0.2, 0.25) is 0 Å². The fraction of sp³-hybridized carbons (Fsp3) is 0.100. The summed E-state index contributed by atoms with van der Waals surface area (Å²) < 4.78 is 27.6. The van der Waals surface area contributed by atoms with Gasteiger partial charge in [-0.15, -0.1) is 11.6 Å². The number of alkyl halides is 1. The van der Waals surface area contributed by atoms with Gasteiger partial charge < -0.3 is 0 Å². The minimum Gasteiger partial charge on any atom is -0.234 e. The van der Waals surface area contributed by atoms with Crippen LogP contribution >= 0.6 is 11.6 Å². The van der Waals surface area contributed by atoms with Gasteiger partial charge in [-0.2, -0.15) is 5.10 Å². The molecule has 2 rings (SSSR count). The second-order valence-corrected chi connectivity index (χ2v) is 3.23. The van der Waals surface area contributed by atoms with E-state index in [2.05, 4.69) is 5.10 Å². The highest BCUT2D eigenvalue weighted by Crippen LogP contribution is 2.17. The number of rotatable bonds is 2. The minimum absolute atomic E-state index is 0.0654. The molecule has 0 N–H and O–H groups in total. The van der Waals surface area contributed by atoms with Crippen molar-refractivity contribution in [1.82, 2.24) is 9.78 Å². The Balaban J connectivity index is 2.58. The zero-order chi connectivity index (χ0) is 10.8. The van der Waals surface area contributed by atoms with Crippen LogP contribution in [0.1, 0.15) is 5.69 Å². The molecule has 1 aromatic carbocycles. The van der Waals surface area contributed by atoms with Crippen molar-refractivity contribution in [3.8, 4) is 5.69 Å². The van der Waals surface area contributed by atoms with Crippen LogP contribution in [0.5, 0.6) is 0 Å². The average molecular weight is 229 g/mol. The van der Waals surface area contributed by atoms with Gasteiger partial charge in [0.15, 0.2) is 0 Å². The van der Waals surface area contributed by atoms with Crippen LogP contribution in [0.15, 0.2) is 30.5 Å². The van der Waals surface area contributed by atoms with Crippen LogP contribution in [-0.2, 0) is 5.88 Å². The van der Waals surface area contributed by atoms with E-state index in [4.69, 9.17) is 11.6 Å². The number of hydrogen-bond acceptors (Lipinski definition) is 1. The fourth-order valence-electron chi connectivity index (χ4n) is 1.30. The van der Waals surface area contributed by atoms with Crippen LogP contribution in [0.25, 0.3) is 5.69 Å². The van der Waals surface area contributed by atoms with E-state index in [-0.39, 0.29) is 11.6 Å². The molecule has 0 saturated carbocycles. The highest BCUT2D eigenvalue weighted by atomic mass is 35.5. The summed E-state index contributed by atoms with van der Waals surface area (Å²) in [6.07, 6.45) is 1.49. The molecule has 0 aliphatic heterocycles. The molecule has 0 unspecified atom stereocenters. The van der Waals surface area contributed by atoms with E-state index in [1.807, 2.05) is 0 Å². The summed E-state index contributed by atoms with van der Waals surface area (Å²) in [5.41, 5.74) is 0.678. The maximum absolute atomic E-state index is 13.4. The highest BCUT2D eigenvalue weighted by Gasteiger charge is 2.09. The Bertz CT molecular complexity index is 482. The minimum atomic E-state index is -0.536. The molecule has 0 fully saturated rings. The van der Waals surface area contributed by atoms with E-state index in [9.17, 15) is 8.78 Å². The Hall–Kier alpha value is -1.42. The molecule has 1 aromatic heterocycles. The van der Waals surface area contributed by atoms with Crippen molar-refractivity contribution in [2.75, 3.05) is 0 Å². The van der Waals surface area contributed by atoms with Gasteiger partial charge in [0.25, 0.3) is 0 Å². The monoisotopic (exact) mass is 228 g/mol. The Morgan fingerprint density at radius 2 is 2.07 bits per heavy atom. The number of halogens is 3. The van der Waals surface area contributed by atoms with Gasteiger partial charge in [0.1, 0.15) is 17.3 Å². The molecule has 2 nitrogen and oxygen atoms in total. The fourth-order valence-corrected chi connectivity index (χ4v) is 1.50. The predicted octanol–water partition coefficient (Wildman–Crippen LogP) is 2.89. The molecule has 0 saturated heterocycles. The predicted molar refractivity (Wildman–Crippen MR) is 53.0 cm³/mol. The molecule has 0 aliphatic carbocycles. The largest absolute Gasteiger partial charge is 0.234 e. The Labute approximate surface area is 90.1 Å². The lowest BCUT2D eigenvalue weighted by Crippen LogP contribution is -2.03. The van der Waals surface area contributed by atoms with Gasteiger partial charge in [-0.3, -0.25) is 0 Å². The van der Waals surface area contributed by atoms with Crippen LogP contribution in [0.3, 0.4) is 0 Å². The number of benzene rings is 1. The lowest BCUT2D eigenvalue weighted by Gasteiger charge is -2.06. The van der Waals surface area contributed by atoms with Crippen molar-refractivity contribution < 1.29 is 8.78 Å². The third kappa shape index (κ3) is 1.85. The zero-order valence-electron chi connectivity index (χ0n) is 7.62. The third-order valence-electron chi connectivity index (χ3n) is 1.99. The third-order valence-corrected chi connectivity index (χ3v) is 2.27. The van der Waals surface area contributed by atoms with E-state index >= 15 is 0 Å². The maximum Gasteiger partial charge on any atom is 0.149 e. The first-order valence-corrected chi connectivity index (χ1v) is 4.80. The number of aromatic nitrogens is 2. The first-order chi connectivity index (χ1) is 7.22. The molecular formula is C10H7ClF2N2. The molecule has 1 heterocycles. The zero-order valence-corrected chi connectivity index (χ0v) is 8.38. The van der Waals surface area contributed by atoms with Crippen molar-refractivity contribution in [3.05, 3.63) is 47.8 Å². The molecule has 0 aliphatic rings. The SMILES string of the molecule is Fc1ccc(F)c(-n2nccc2CCl)c1. The van der Waals surface area contributed by atoms with E-state index in [1.165, 1.54) is 10.9 Å². The summed E-state index contributed by atoms with van der Waals surface area (Å²) in [6.45, 7) is 0. The summed E-state index contributed by atoms with van der Waals surface area (Å²) in [5.74, 6) is -0.857. The molecule has 0 spiro atoms. The van der Waals surface area contributed by atoms with Gasteiger partial charge in [-0.25, -0.2) is 13.5 Å². The Morgan fingerprint density at radius 3 is 2.80 bits per heavy atom.